The molecular weight excluding hydrogens is 312 g/mol. The molecule has 140 valence electrons. The lowest BCUT2D eigenvalue weighted by molar-refractivity contribution is -0.0409. The summed E-state index contributed by atoms with van der Waals surface area (Å²) in [6.07, 6.45) is 4.46. The van der Waals surface area contributed by atoms with Gasteiger partial charge >= 0.3 is 12.3 Å². The van der Waals surface area contributed by atoms with Crippen LogP contribution in [0.5, 0.6) is 0 Å². The molecule has 1 fully saturated rings. The molecule has 1 rings (SSSR count). The van der Waals surface area contributed by atoms with Gasteiger partial charge in [0.1, 0.15) is 24.4 Å². The van der Waals surface area contributed by atoms with Crippen LogP contribution >= 0.6 is 0 Å². The van der Waals surface area contributed by atoms with Crippen LogP contribution < -0.4 is 0 Å². The van der Waals surface area contributed by atoms with E-state index in [1.165, 1.54) is 0 Å². The van der Waals surface area contributed by atoms with Crippen LogP contribution in [0.2, 0.25) is 0 Å². The van der Waals surface area contributed by atoms with Gasteiger partial charge in [-0.15, -0.1) is 0 Å². The minimum Gasteiger partial charge on any atom is -0.431 e. The van der Waals surface area contributed by atoms with Gasteiger partial charge in [-0.25, -0.2) is 9.59 Å². The largest absolute Gasteiger partial charge is 0.508 e. The van der Waals surface area contributed by atoms with E-state index in [2.05, 4.69) is 0 Å². The number of ether oxygens (including phenoxy) is 4. The van der Waals surface area contributed by atoms with Gasteiger partial charge in [-0.3, -0.25) is 0 Å². The molecule has 6 heteroatoms. The summed E-state index contributed by atoms with van der Waals surface area (Å²) in [7, 11) is 0. The van der Waals surface area contributed by atoms with Crippen LogP contribution in [-0.2, 0) is 18.9 Å². The lowest BCUT2D eigenvalue weighted by Gasteiger charge is -2.28. The monoisotopic (exact) mass is 344 g/mol. The molecule has 1 aliphatic rings. The molecule has 0 N–H and O–H groups in total. The van der Waals surface area contributed by atoms with Crippen LogP contribution in [0.4, 0.5) is 9.59 Å². The van der Waals surface area contributed by atoms with E-state index in [1.807, 2.05) is 27.7 Å². The molecule has 0 bridgehead atoms. The van der Waals surface area contributed by atoms with Gasteiger partial charge in [0, 0.05) is 0 Å². The molecule has 24 heavy (non-hydrogen) atoms. The maximum Gasteiger partial charge on any atom is 0.508 e. The Labute approximate surface area is 145 Å². The number of carbonyl (C=O) groups excluding carboxylic acids is 2. The van der Waals surface area contributed by atoms with Crippen LogP contribution in [0, 0.1) is 0 Å². The molecule has 0 radical (unpaired) electrons. The third-order valence-corrected chi connectivity index (χ3v) is 4.13. The molecule has 0 amide bonds. The first-order chi connectivity index (χ1) is 11.4. The fraction of sp³-hybridized carbons (Fsp3) is 0.889. The molecule has 2 unspecified atom stereocenters. The second-order valence-electron chi connectivity index (χ2n) is 6.57. The van der Waals surface area contributed by atoms with E-state index in [0.717, 1.165) is 25.7 Å². The van der Waals surface area contributed by atoms with Crippen molar-refractivity contribution in [2.24, 2.45) is 0 Å². The average molecular weight is 344 g/mol. The smallest absolute Gasteiger partial charge is 0.431 e. The van der Waals surface area contributed by atoms with Crippen LogP contribution in [0.1, 0.15) is 79.1 Å². The van der Waals surface area contributed by atoms with E-state index in [9.17, 15) is 9.59 Å². The second kappa shape index (κ2) is 11.2. The summed E-state index contributed by atoms with van der Waals surface area (Å²) in [5.41, 5.74) is 0. The molecule has 2 atom stereocenters. The standard InChI is InChI=1S/C18H32O6/c1-5-7-13(3)21-17(19)23-15-9-11-16(12-10-15)24-18(20)22-14(4)8-6-2/h13-16H,5-12H2,1-4H3. The van der Waals surface area contributed by atoms with E-state index >= 15 is 0 Å². The van der Waals surface area contributed by atoms with Gasteiger partial charge in [-0.05, 0) is 52.4 Å². The molecule has 0 aromatic rings. The molecule has 0 aromatic heterocycles. The van der Waals surface area contributed by atoms with Crippen molar-refractivity contribution in [3.63, 3.8) is 0 Å². The van der Waals surface area contributed by atoms with Gasteiger partial charge in [-0.2, -0.15) is 0 Å². The number of hydrogen-bond acceptors (Lipinski definition) is 6. The molecule has 0 aliphatic heterocycles. The zero-order valence-corrected chi connectivity index (χ0v) is 15.4. The Bertz CT molecular complexity index is 340. The second-order valence-corrected chi connectivity index (χ2v) is 6.57. The van der Waals surface area contributed by atoms with Gasteiger partial charge < -0.3 is 18.9 Å². The highest BCUT2D eigenvalue weighted by atomic mass is 16.7. The molecule has 6 nitrogen and oxygen atoms in total. The number of carbonyl (C=O) groups is 2. The first-order valence-corrected chi connectivity index (χ1v) is 9.19. The lowest BCUT2D eigenvalue weighted by atomic mass is 9.95. The first-order valence-electron chi connectivity index (χ1n) is 9.19. The molecule has 1 saturated carbocycles. The zero-order chi connectivity index (χ0) is 17.9. The molecule has 0 aromatic carbocycles. The minimum absolute atomic E-state index is 0.123. The average Bonchev–Trinajstić information content (AvgIpc) is 2.49. The maximum absolute atomic E-state index is 11.7. The summed E-state index contributed by atoms with van der Waals surface area (Å²) in [5.74, 6) is 0. The third kappa shape index (κ3) is 8.41. The quantitative estimate of drug-likeness (QED) is 0.578. The predicted molar refractivity (Wildman–Crippen MR) is 89.9 cm³/mol. The Morgan fingerprint density at radius 2 is 1.12 bits per heavy atom. The van der Waals surface area contributed by atoms with E-state index in [0.29, 0.717) is 25.7 Å². The van der Waals surface area contributed by atoms with Crippen molar-refractivity contribution in [1.82, 2.24) is 0 Å². The van der Waals surface area contributed by atoms with Gasteiger partial charge in [0.25, 0.3) is 0 Å². The van der Waals surface area contributed by atoms with Crippen molar-refractivity contribution >= 4 is 12.3 Å². The van der Waals surface area contributed by atoms with Gasteiger partial charge in [-0.1, -0.05) is 26.7 Å². The summed E-state index contributed by atoms with van der Waals surface area (Å²) in [6, 6.07) is 0. The highest BCUT2D eigenvalue weighted by Gasteiger charge is 2.28. The Morgan fingerprint density at radius 3 is 1.42 bits per heavy atom. The molecule has 0 spiro atoms. The van der Waals surface area contributed by atoms with E-state index in [4.69, 9.17) is 18.9 Å². The van der Waals surface area contributed by atoms with E-state index in [-0.39, 0.29) is 24.4 Å². The molecular formula is C18H32O6. The van der Waals surface area contributed by atoms with Crippen LogP contribution in [0.15, 0.2) is 0 Å². The summed E-state index contributed by atoms with van der Waals surface area (Å²) >= 11 is 0. The Hall–Kier alpha value is -1.46. The fourth-order valence-corrected chi connectivity index (χ4v) is 2.86. The van der Waals surface area contributed by atoms with Crippen LogP contribution in [-0.4, -0.2) is 36.7 Å². The highest BCUT2D eigenvalue weighted by molar-refractivity contribution is 5.61. The molecule has 0 heterocycles. The summed E-state index contributed by atoms with van der Waals surface area (Å²) in [6.45, 7) is 7.81. The van der Waals surface area contributed by atoms with Crippen molar-refractivity contribution in [1.29, 1.82) is 0 Å². The van der Waals surface area contributed by atoms with Gasteiger partial charge in [0.15, 0.2) is 0 Å². The summed E-state index contributed by atoms with van der Waals surface area (Å²) < 4.78 is 21.0. The van der Waals surface area contributed by atoms with Gasteiger partial charge in [0.05, 0.1) is 0 Å². The number of rotatable bonds is 8. The van der Waals surface area contributed by atoms with E-state index in [1.54, 1.807) is 0 Å². The highest BCUT2D eigenvalue weighted by Crippen LogP contribution is 2.24. The van der Waals surface area contributed by atoms with Gasteiger partial charge in [0.2, 0.25) is 0 Å². The van der Waals surface area contributed by atoms with Crippen LogP contribution in [0.3, 0.4) is 0 Å². The van der Waals surface area contributed by atoms with Crippen molar-refractivity contribution in [2.45, 2.75) is 103 Å². The third-order valence-electron chi connectivity index (χ3n) is 4.13. The molecule has 1 aliphatic carbocycles. The Kier molecular flexibility index (Phi) is 9.57. The van der Waals surface area contributed by atoms with Crippen molar-refractivity contribution in [2.75, 3.05) is 0 Å². The Morgan fingerprint density at radius 1 is 0.792 bits per heavy atom. The maximum atomic E-state index is 11.7. The Balaban J connectivity index is 2.21. The fourth-order valence-electron chi connectivity index (χ4n) is 2.86. The van der Waals surface area contributed by atoms with Crippen molar-refractivity contribution < 1.29 is 28.5 Å². The SMILES string of the molecule is CCCC(C)OC(=O)OC1CCC(OC(=O)OC(C)CCC)CC1. The number of hydrogen-bond donors (Lipinski definition) is 0. The van der Waals surface area contributed by atoms with Crippen molar-refractivity contribution in [3.8, 4) is 0 Å². The van der Waals surface area contributed by atoms with Crippen LogP contribution in [0.25, 0.3) is 0 Å². The van der Waals surface area contributed by atoms with Crippen molar-refractivity contribution in [3.05, 3.63) is 0 Å². The predicted octanol–water partition coefficient (Wildman–Crippen LogP) is 4.98. The topological polar surface area (TPSA) is 71.1 Å². The molecule has 0 saturated heterocycles. The summed E-state index contributed by atoms with van der Waals surface area (Å²) in [5, 5.41) is 0. The minimum atomic E-state index is -0.604. The summed E-state index contributed by atoms with van der Waals surface area (Å²) in [4.78, 5) is 23.4. The normalized spacial score (nSPS) is 23.0. The lowest BCUT2D eigenvalue weighted by Crippen LogP contribution is -2.31. The first kappa shape index (κ1) is 20.6. The zero-order valence-electron chi connectivity index (χ0n) is 15.4. The van der Waals surface area contributed by atoms with E-state index < -0.39 is 12.3 Å².